The van der Waals surface area contributed by atoms with Gasteiger partial charge in [-0.2, -0.15) is 5.10 Å². The van der Waals surface area contributed by atoms with Crippen molar-refractivity contribution in [2.75, 3.05) is 7.05 Å². The van der Waals surface area contributed by atoms with E-state index in [1.807, 2.05) is 11.7 Å². The van der Waals surface area contributed by atoms with Crippen molar-refractivity contribution >= 4 is 10.9 Å². The Morgan fingerprint density at radius 2 is 1.86 bits per heavy atom. The zero-order chi connectivity index (χ0) is 10.7. The third-order valence-electron chi connectivity index (χ3n) is 2.28. The van der Waals surface area contributed by atoms with Gasteiger partial charge in [-0.15, -0.1) is 0 Å². The summed E-state index contributed by atoms with van der Waals surface area (Å²) in [5, 5.41) is 5.63. The first-order chi connectivity index (χ1) is 6.68. The topological polar surface area (TPSA) is 43.8 Å². The predicted molar refractivity (Wildman–Crippen MR) is 60.3 cm³/mol. The van der Waals surface area contributed by atoms with Gasteiger partial charge in [-0.25, -0.2) is 0 Å². The second-order valence-electron chi connectivity index (χ2n) is 3.23. The van der Waals surface area contributed by atoms with Crippen LogP contribution in [0.3, 0.4) is 0 Å². The zero-order valence-electron chi connectivity index (χ0n) is 9.20. The molecule has 0 spiro atoms. The molecule has 0 aliphatic rings. The molecule has 0 saturated carbocycles. The lowest BCUT2D eigenvalue weighted by Crippen LogP contribution is -1.91. The minimum Gasteiger partial charge on any atom is -0.333 e. The van der Waals surface area contributed by atoms with Crippen LogP contribution in [0.5, 0.6) is 0 Å². The third kappa shape index (κ3) is 1.77. The molecule has 1 aromatic heterocycles. The molecule has 0 radical (unpaired) electrons. The number of nitrogens with zero attached hydrogens (tertiary/aromatic N) is 2. The molecule has 0 atom stereocenters. The Morgan fingerprint density at radius 3 is 2.50 bits per heavy atom. The Bertz CT molecular complexity index is 429. The van der Waals surface area contributed by atoms with Gasteiger partial charge in [-0.3, -0.25) is 4.68 Å². The van der Waals surface area contributed by atoms with Crippen molar-refractivity contribution in [3.8, 4) is 0 Å². The minimum absolute atomic E-state index is 1.08. The van der Waals surface area contributed by atoms with E-state index in [0.717, 1.165) is 5.52 Å². The first-order valence-electron chi connectivity index (χ1n) is 4.66. The van der Waals surface area contributed by atoms with E-state index >= 15 is 0 Å². The van der Waals surface area contributed by atoms with E-state index in [0.29, 0.717) is 0 Å². The van der Waals surface area contributed by atoms with E-state index in [4.69, 9.17) is 0 Å². The highest BCUT2D eigenvalue weighted by molar-refractivity contribution is 5.81. The van der Waals surface area contributed by atoms with E-state index < -0.39 is 0 Å². The molecule has 0 aliphatic heterocycles. The maximum absolute atomic E-state index is 4.50. The van der Waals surface area contributed by atoms with Crippen molar-refractivity contribution in [1.82, 2.24) is 9.78 Å². The highest BCUT2D eigenvalue weighted by atomic mass is 15.3. The summed E-state index contributed by atoms with van der Waals surface area (Å²) in [4.78, 5) is 0. The lowest BCUT2D eigenvalue weighted by molar-refractivity contribution is 0.751. The summed E-state index contributed by atoms with van der Waals surface area (Å²) in [5.74, 6) is 0. The summed E-state index contributed by atoms with van der Waals surface area (Å²) in [6.45, 7) is 4.20. The summed E-state index contributed by atoms with van der Waals surface area (Å²) in [6, 6.07) is 6.34. The van der Waals surface area contributed by atoms with Crippen LogP contribution < -0.4 is 5.73 Å². The van der Waals surface area contributed by atoms with Gasteiger partial charge in [-0.05, 0) is 33.0 Å². The Balaban J connectivity index is 0.000000461. The Labute approximate surface area is 84.5 Å². The van der Waals surface area contributed by atoms with Crippen LogP contribution in [0.2, 0.25) is 0 Å². The van der Waals surface area contributed by atoms with Crippen LogP contribution in [-0.4, -0.2) is 16.8 Å². The Morgan fingerprint density at radius 1 is 1.21 bits per heavy atom. The SMILES string of the molecule is CN.Cc1ccc2nn(C)c(C)c2c1. The fourth-order valence-electron chi connectivity index (χ4n) is 1.44. The third-order valence-corrected chi connectivity index (χ3v) is 2.28. The minimum atomic E-state index is 1.08. The van der Waals surface area contributed by atoms with E-state index in [1.165, 1.54) is 23.7 Å². The van der Waals surface area contributed by atoms with Crippen LogP contribution in [0.1, 0.15) is 11.3 Å². The van der Waals surface area contributed by atoms with Crippen LogP contribution in [-0.2, 0) is 7.05 Å². The Hall–Kier alpha value is -1.35. The van der Waals surface area contributed by atoms with Gasteiger partial charge in [-0.1, -0.05) is 11.6 Å². The molecule has 1 aromatic carbocycles. The fourth-order valence-corrected chi connectivity index (χ4v) is 1.44. The van der Waals surface area contributed by atoms with E-state index in [-0.39, 0.29) is 0 Å². The van der Waals surface area contributed by atoms with Crippen molar-refractivity contribution in [2.24, 2.45) is 12.8 Å². The molecular formula is C11H17N3. The van der Waals surface area contributed by atoms with Crippen LogP contribution >= 0.6 is 0 Å². The molecule has 3 heteroatoms. The van der Waals surface area contributed by atoms with Gasteiger partial charge in [0.2, 0.25) is 0 Å². The van der Waals surface area contributed by atoms with Crippen LogP contribution in [0.15, 0.2) is 18.2 Å². The van der Waals surface area contributed by atoms with Gasteiger partial charge in [0.1, 0.15) is 0 Å². The first-order valence-corrected chi connectivity index (χ1v) is 4.66. The van der Waals surface area contributed by atoms with Crippen molar-refractivity contribution < 1.29 is 0 Å². The summed E-state index contributed by atoms with van der Waals surface area (Å²) < 4.78 is 1.92. The van der Waals surface area contributed by atoms with Crippen molar-refractivity contribution in [3.63, 3.8) is 0 Å². The highest BCUT2D eigenvalue weighted by Gasteiger charge is 2.02. The summed E-state index contributed by atoms with van der Waals surface area (Å²) >= 11 is 0. The molecule has 3 nitrogen and oxygen atoms in total. The van der Waals surface area contributed by atoms with Gasteiger partial charge in [0.05, 0.1) is 5.52 Å². The second kappa shape index (κ2) is 4.24. The molecule has 76 valence electrons. The molecule has 0 aliphatic carbocycles. The number of fused-ring (bicyclic) bond motifs is 1. The lowest BCUT2D eigenvalue weighted by Gasteiger charge is -1.92. The van der Waals surface area contributed by atoms with Crippen molar-refractivity contribution in [2.45, 2.75) is 13.8 Å². The number of aromatic nitrogens is 2. The normalized spacial score (nSPS) is 9.79. The molecule has 1 heterocycles. The number of rotatable bonds is 0. The predicted octanol–water partition coefficient (Wildman–Crippen LogP) is 1.77. The van der Waals surface area contributed by atoms with Gasteiger partial charge < -0.3 is 5.73 Å². The van der Waals surface area contributed by atoms with Crippen LogP contribution in [0.25, 0.3) is 10.9 Å². The molecule has 0 amide bonds. The second-order valence-corrected chi connectivity index (χ2v) is 3.23. The van der Waals surface area contributed by atoms with Crippen LogP contribution in [0.4, 0.5) is 0 Å². The largest absolute Gasteiger partial charge is 0.333 e. The summed E-state index contributed by atoms with van der Waals surface area (Å²) in [7, 11) is 3.48. The monoisotopic (exact) mass is 191 g/mol. The first kappa shape index (κ1) is 10.7. The zero-order valence-corrected chi connectivity index (χ0v) is 9.20. The number of hydrogen-bond donors (Lipinski definition) is 1. The van der Waals surface area contributed by atoms with E-state index in [9.17, 15) is 0 Å². The standard InChI is InChI=1S/C10H12N2.CH5N/c1-7-4-5-10-9(6-7)8(2)12(3)11-10;1-2/h4-6H,1-3H3;2H2,1H3. The maximum Gasteiger partial charge on any atom is 0.0926 e. The molecule has 0 saturated heterocycles. The molecular weight excluding hydrogens is 174 g/mol. The summed E-state index contributed by atoms with van der Waals surface area (Å²) in [5.41, 5.74) is 8.10. The average Bonchev–Trinajstić information content (AvgIpc) is 2.48. The van der Waals surface area contributed by atoms with Gasteiger partial charge in [0.25, 0.3) is 0 Å². The maximum atomic E-state index is 4.50. The van der Waals surface area contributed by atoms with E-state index in [2.05, 4.69) is 42.9 Å². The molecule has 14 heavy (non-hydrogen) atoms. The van der Waals surface area contributed by atoms with Gasteiger partial charge >= 0.3 is 0 Å². The smallest absolute Gasteiger partial charge is 0.0926 e. The molecule has 2 aromatic rings. The quantitative estimate of drug-likeness (QED) is 0.689. The lowest BCUT2D eigenvalue weighted by atomic mass is 10.1. The average molecular weight is 191 g/mol. The molecule has 0 bridgehead atoms. The molecule has 2 rings (SSSR count). The highest BCUT2D eigenvalue weighted by Crippen LogP contribution is 2.17. The van der Waals surface area contributed by atoms with Crippen molar-refractivity contribution in [1.29, 1.82) is 0 Å². The summed E-state index contributed by atoms with van der Waals surface area (Å²) in [6.07, 6.45) is 0. The fraction of sp³-hybridized carbons (Fsp3) is 0.364. The van der Waals surface area contributed by atoms with Gasteiger partial charge in [0, 0.05) is 18.1 Å². The Kier molecular flexibility index (Phi) is 3.25. The number of hydrogen-bond acceptors (Lipinski definition) is 2. The number of aryl methyl sites for hydroxylation is 3. The number of nitrogens with two attached hydrogens (primary N) is 1. The van der Waals surface area contributed by atoms with Gasteiger partial charge in [0.15, 0.2) is 0 Å². The van der Waals surface area contributed by atoms with Crippen LogP contribution in [0, 0.1) is 13.8 Å². The van der Waals surface area contributed by atoms with E-state index in [1.54, 1.807) is 0 Å². The molecule has 0 fully saturated rings. The molecule has 0 unspecified atom stereocenters. The van der Waals surface area contributed by atoms with Crippen molar-refractivity contribution in [3.05, 3.63) is 29.5 Å². The number of benzene rings is 1. The molecule has 2 N–H and O–H groups in total.